The monoisotopic (exact) mass is 314 g/mol. The van der Waals surface area contributed by atoms with Crippen molar-refractivity contribution in [3.8, 4) is 0 Å². The Kier molecular flexibility index (Phi) is 6.05. The highest BCUT2D eigenvalue weighted by atomic mass is 32.1. The zero-order valence-electron chi connectivity index (χ0n) is 13.3. The highest BCUT2D eigenvalue weighted by Crippen LogP contribution is 2.13. The van der Waals surface area contributed by atoms with Crippen LogP contribution in [0.1, 0.15) is 35.3 Å². The minimum Gasteiger partial charge on any atom is -0.312 e. The van der Waals surface area contributed by atoms with E-state index >= 15 is 0 Å². The largest absolute Gasteiger partial charge is 0.312 e. The number of hydrogen-bond donors (Lipinski definition) is 1. The van der Waals surface area contributed by atoms with Crippen molar-refractivity contribution in [1.29, 1.82) is 0 Å². The number of thiophene rings is 1. The van der Waals surface area contributed by atoms with Gasteiger partial charge in [-0.05, 0) is 54.9 Å². The van der Waals surface area contributed by atoms with Crippen LogP contribution in [0.5, 0.6) is 0 Å². The topological polar surface area (TPSA) is 15.3 Å². The standard InChI is InChI=1S/C19H26N2S/c1-2-12-21(13-3-1)16-18-8-6-17(7-9-18)15-20-11-10-19-5-4-14-22-19/h4-9,14,20H,1-3,10-13,15-16H2. The summed E-state index contributed by atoms with van der Waals surface area (Å²) < 4.78 is 0. The first-order chi connectivity index (χ1) is 10.9. The van der Waals surface area contributed by atoms with Gasteiger partial charge < -0.3 is 5.32 Å². The zero-order chi connectivity index (χ0) is 15.0. The van der Waals surface area contributed by atoms with E-state index in [1.165, 1.54) is 48.4 Å². The number of likely N-dealkylation sites (tertiary alicyclic amines) is 1. The number of piperidine rings is 1. The van der Waals surface area contributed by atoms with E-state index in [-0.39, 0.29) is 0 Å². The fourth-order valence-electron chi connectivity index (χ4n) is 3.04. The van der Waals surface area contributed by atoms with Crippen LogP contribution in [0.25, 0.3) is 0 Å². The van der Waals surface area contributed by atoms with E-state index in [9.17, 15) is 0 Å². The summed E-state index contributed by atoms with van der Waals surface area (Å²) in [6.07, 6.45) is 5.27. The van der Waals surface area contributed by atoms with Crippen molar-refractivity contribution in [3.63, 3.8) is 0 Å². The van der Waals surface area contributed by atoms with Crippen LogP contribution in [0, 0.1) is 0 Å². The molecule has 1 fully saturated rings. The first-order valence-electron chi connectivity index (χ1n) is 8.43. The molecule has 2 nitrogen and oxygen atoms in total. The van der Waals surface area contributed by atoms with Crippen molar-refractivity contribution in [2.75, 3.05) is 19.6 Å². The summed E-state index contributed by atoms with van der Waals surface area (Å²) in [6.45, 7) is 5.68. The molecule has 1 saturated heterocycles. The second kappa shape index (κ2) is 8.47. The maximum absolute atomic E-state index is 3.54. The smallest absolute Gasteiger partial charge is 0.0233 e. The number of rotatable bonds is 7. The highest BCUT2D eigenvalue weighted by molar-refractivity contribution is 7.09. The van der Waals surface area contributed by atoms with Gasteiger partial charge in [-0.15, -0.1) is 11.3 Å². The van der Waals surface area contributed by atoms with Crippen LogP contribution in [-0.2, 0) is 19.5 Å². The predicted molar refractivity (Wildman–Crippen MR) is 95.3 cm³/mol. The quantitative estimate of drug-likeness (QED) is 0.775. The summed E-state index contributed by atoms with van der Waals surface area (Å²) in [4.78, 5) is 4.04. The summed E-state index contributed by atoms with van der Waals surface area (Å²) >= 11 is 1.84. The van der Waals surface area contributed by atoms with Crippen LogP contribution in [-0.4, -0.2) is 24.5 Å². The minimum atomic E-state index is 0.968. The van der Waals surface area contributed by atoms with E-state index in [0.29, 0.717) is 0 Å². The molecule has 22 heavy (non-hydrogen) atoms. The van der Waals surface area contributed by atoms with Crippen LogP contribution in [0.3, 0.4) is 0 Å². The Labute approximate surface area is 138 Å². The molecular formula is C19H26N2S. The van der Waals surface area contributed by atoms with Crippen molar-refractivity contribution in [2.45, 2.75) is 38.8 Å². The lowest BCUT2D eigenvalue weighted by atomic mass is 10.1. The van der Waals surface area contributed by atoms with Crippen LogP contribution in [0.2, 0.25) is 0 Å². The zero-order valence-corrected chi connectivity index (χ0v) is 14.1. The third-order valence-electron chi connectivity index (χ3n) is 4.34. The van der Waals surface area contributed by atoms with E-state index < -0.39 is 0 Å². The molecule has 3 rings (SSSR count). The number of benzene rings is 1. The second-order valence-electron chi connectivity index (χ2n) is 6.16. The maximum atomic E-state index is 3.54. The molecule has 1 aromatic heterocycles. The Morgan fingerprint density at radius 1 is 0.955 bits per heavy atom. The van der Waals surface area contributed by atoms with Gasteiger partial charge in [-0.25, -0.2) is 0 Å². The molecular weight excluding hydrogens is 288 g/mol. The number of nitrogens with zero attached hydrogens (tertiary/aromatic N) is 1. The van der Waals surface area contributed by atoms with Crippen molar-refractivity contribution in [1.82, 2.24) is 10.2 Å². The molecule has 0 radical (unpaired) electrons. The molecule has 0 spiro atoms. The van der Waals surface area contributed by atoms with Gasteiger partial charge in [-0.2, -0.15) is 0 Å². The van der Waals surface area contributed by atoms with Gasteiger partial charge in [0.1, 0.15) is 0 Å². The van der Waals surface area contributed by atoms with Crippen molar-refractivity contribution in [3.05, 3.63) is 57.8 Å². The normalized spacial score (nSPS) is 16.0. The molecule has 3 heteroatoms. The summed E-state index contributed by atoms with van der Waals surface area (Å²) in [5.41, 5.74) is 2.83. The third kappa shape index (κ3) is 4.94. The molecule has 0 bridgehead atoms. The minimum absolute atomic E-state index is 0.968. The lowest BCUT2D eigenvalue weighted by molar-refractivity contribution is 0.221. The Morgan fingerprint density at radius 3 is 2.45 bits per heavy atom. The second-order valence-corrected chi connectivity index (χ2v) is 7.19. The molecule has 1 aromatic carbocycles. The van der Waals surface area contributed by atoms with Crippen molar-refractivity contribution < 1.29 is 0 Å². The average Bonchev–Trinajstić information content (AvgIpc) is 3.07. The average molecular weight is 314 g/mol. The molecule has 1 N–H and O–H groups in total. The molecule has 2 aromatic rings. The summed E-state index contributed by atoms with van der Waals surface area (Å²) in [6, 6.07) is 13.5. The summed E-state index contributed by atoms with van der Waals surface area (Å²) in [5.74, 6) is 0. The van der Waals surface area contributed by atoms with Gasteiger partial charge >= 0.3 is 0 Å². The Morgan fingerprint density at radius 2 is 1.73 bits per heavy atom. The van der Waals surface area contributed by atoms with Crippen molar-refractivity contribution in [2.24, 2.45) is 0 Å². The molecule has 0 atom stereocenters. The molecule has 0 saturated carbocycles. The number of nitrogens with one attached hydrogen (secondary N) is 1. The van der Waals surface area contributed by atoms with Crippen molar-refractivity contribution >= 4 is 11.3 Å². The van der Waals surface area contributed by atoms with E-state index in [1.54, 1.807) is 0 Å². The summed E-state index contributed by atoms with van der Waals surface area (Å²) in [7, 11) is 0. The van der Waals surface area contributed by atoms with Crippen LogP contribution >= 0.6 is 11.3 Å². The van der Waals surface area contributed by atoms with Crippen LogP contribution in [0.4, 0.5) is 0 Å². The Bertz CT molecular complexity index is 527. The maximum Gasteiger partial charge on any atom is 0.0233 e. The van der Waals surface area contributed by atoms with Crippen LogP contribution < -0.4 is 5.32 Å². The predicted octanol–water partition coefficient (Wildman–Crippen LogP) is 4.07. The first-order valence-corrected chi connectivity index (χ1v) is 9.31. The third-order valence-corrected chi connectivity index (χ3v) is 5.27. The van der Waals surface area contributed by atoms with Gasteiger partial charge in [-0.1, -0.05) is 36.8 Å². The van der Waals surface area contributed by atoms with Gasteiger partial charge in [0.15, 0.2) is 0 Å². The Hall–Kier alpha value is -1.16. The van der Waals surface area contributed by atoms with Gasteiger partial charge in [-0.3, -0.25) is 4.90 Å². The Balaban J connectivity index is 1.39. The molecule has 0 amide bonds. The van der Waals surface area contributed by atoms with Gasteiger partial charge in [0.05, 0.1) is 0 Å². The van der Waals surface area contributed by atoms with Gasteiger partial charge in [0.2, 0.25) is 0 Å². The van der Waals surface area contributed by atoms with E-state index in [4.69, 9.17) is 0 Å². The SMILES string of the molecule is c1csc(CCNCc2ccc(CN3CCCCC3)cc2)c1. The van der Waals surface area contributed by atoms with E-state index in [1.807, 2.05) is 11.3 Å². The summed E-state index contributed by atoms with van der Waals surface area (Å²) in [5, 5.41) is 5.69. The molecule has 118 valence electrons. The van der Waals surface area contributed by atoms with Gasteiger partial charge in [0, 0.05) is 24.5 Å². The first kappa shape index (κ1) is 15.7. The molecule has 0 unspecified atom stereocenters. The molecule has 1 aliphatic heterocycles. The fraction of sp³-hybridized carbons (Fsp3) is 0.474. The fourth-order valence-corrected chi connectivity index (χ4v) is 3.75. The molecule has 1 aliphatic rings. The molecule has 2 heterocycles. The lowest BCUT2D eigenvalue weighted by Gasteiger charge is -2.26. The van der Waals surface area contributed by atoms with E-state index in [0.717, 1.165) is 26.1 Å². The lowest BCUT2D eigenvalue weighted by Crippen LogP contribution is -2.29. The van der Waals surface area contributed by atoms with Gasteiger partial charge in [0.25, 0.3) is 0 Å². The number of hydrogen-bond acceptors (Lipinski definition) is 3. The van der Waals surface area contributed by atoms with E-state index in [2.05, 4.69) is 52.0 Å². The highest BCUT2D eigenvalue weighted by Gasteiger charge is 2.10. The molecule has 0 aliphatic carbocycles. The van der Waals surface area contributed by atoms with Crippen LogP contribution in [0.15, 0.2) is 41.8 Å².